The zero-order chi connectivity index (χ0) is 9.68. The number of aliphatic hydroxyl groups is 1. The number of benzene rings is 1. The van der Waals surface area contributed by atoms with Gasteiger partial charge in [0.1, 0.15) is 0 Å². The summed E-state index contributed by atoms with van der Waals surface area (Å²) < 4.78 is 0. The second kappa shape index (κ2) is 5.63. The minimum atomic E-state index is -0.412. The number of aliphatic hydroxyl groups excluding tert-OH is 1. The highest BCUT2D eigenvalue weighted by molar-refractivity contribution is 9.09. The van der Waals surface area contributed by atoms with E-state index < -0.39 is 6.10 Å². The van der Waals surface area contributed by atoms with Gasteiger partial charge in [-0.1, -0.05) is 40.2 Å². The van der Waals surface area contributed by atoms with Crippen molar-refractivity contribution in [1.29, 1.82) is 0 Å². The van der Waals surface area contributed by atoms with Gasteiger partial charge in [0.15, 0.2) is 0 Å². The van der Waals surface area contributed by atoms with E-state index in [-0.39, 0.29) is 0 Å². The molecule has 0 heterocycles. The van der Waals surface area contributed by atoms with Crippen LogP contribution in [0.5, 0.6) is 0 Å². The summed E-state index contributed by atoms with van der Waals surface area (Å²) in [5.74, 6) is 0.639. The predicted molar refractivity (Wildman–Crippen MR) is 59.6 cm³/mol. The highest BCUT2D eigenvalue weighted by Gasteiger charge is 2.04. The molecule has 0 aliphatic rings. The predicted octanol–water partition coefficient (Wildman–Crippen LogP) is 2.90. The van der Waals surface area contributed by atoms with Crippen LogP contribution in [0.1, 0.15) is 17.2 Å². The molecule has 0 spiro atoms. The molecule has 0 saturated heterocycles. The minimum absolute atomic E-state index is 0.412. The van der Waals surface area contributed by atoms with Crippen molar-refractivity contribution in [3.8, 4) is 0 Å². The first-order valence-corrected chi connectivity index (χ1v) is 5.82. The Bertz CT molecular complexity index is 248. The molecule has 0 aliphatic carbocycles. The fourth-order valence-corrected chi connectivity index (χ4v) is 1.70. The lowest BCUT2D eigenvalue weighted by Crippen LogP contribution is -1.98. The van der Waals surface area contributed by atoms with Crippen molar-refractivity contribution in [2.75, 3.05) is 11.2 Å². The van der Waals surface area contributed by atoms with Crippen molar-refractivity contribution in [1.82, 2.24) is 0 Å². The minimum Gasteiger partial charge on any atom is -0.388 e. The van der Waals surface area contributed by atoms with Gasteiger partial charge in [-0.25, -0.2) is 0 Å². The van der Waals surface area contributed by atoms with E-state index in [2.05, 4.69) is 15.9 Å². The lowest BCUT2D eigenvalue weighted by Gasteiger charge is -2.07. The molecule has 0 bridgehead atoms. The Morgan fingerprint density at radius 1 is 1.31 bits per heavy atom. The van der Waals surface area contributed by atoms with Crippen molar-refractivity contribution >= 4 is 27.5 Å². The van der Waals surface area contributed by atoms with Crippen molar-refractivity contribution in [2.24, 2.45) is 0 Å². The van der Waals surface area contributed by atoms with Crippen LogP contribution in [0.25, 0.3) is 0 Å². The maximum Gasteiger partial charge on any atom is 0.0886 e. The second-order valence-electron chi connectivity index (χ2n) is 2.85. The largest absolute Gasteiger partial charge is 0.388 e. The smallest absolute Gasteiger partial charge is 0.0886 e. The van der Waals surface area contributed by atoms with Crippen LogP contribution in [0.15, 0.2) is 24.3 Å². The van der Waals surface area contributed by atoms with E-state index in [9.17, 15) is 5.11 Å². The highest BCUT2D eigenvalue weighted by atomic mass is 79.9. The molecule has 1 nitrogen and oxygen atoms in total. The van der Waals surface area contributed by atoms with E-state index in [1.165, 1.54) is 5.56 Å². The van der Waals surface area contributed by atoms with Crippen LogP contribution in [-0.4, -0.2) is 16.3 Å². The van der Waals surface area contributed by atoms with E-state index in [1.807, 2.05) is 24.3 Å². The molecule has 1 atom stereocenters. The fourth-order valence-electron chi connectivity index (χ4n) is 1.10. The molecule has 0 amide bonds. The molecule has 0 saturated carbocycles. The van der Waals surface area contributed by atoms with Crippen LogP contribution in [-0.2, 0) is 6.42 Å². The van der Waals surface area contributed by atoms with E-state index in [1.54, 1.807) is 0 Å². The van der Waals surface area contributed by atoms with Gasteiger partial charge in [0.25, 0.3) is 0 Å². The SMILES string of the molecule is OC(CBr)c1ccc(CCCl)cc1. The zero-order valence-corrected chi connectivity index (χ0v) is 9.55. The standard InChI is InChI=1S/C10H12BrClO/c11-7-10(13)9-3-1-8(2-4-9)5-6-12/h1-4,10,13H,5-7H2. The quantitative estimate of drug-likeness (QED) is 0.828. The number of halogens is 2. The van der Waals surface area contributed by atoms with Gasteiger partial charge >= 0.3 is 0 Å². The molecule has 3 heteroatoms. The molecule has 0 fully saturated rings. The monoisotopic (exact) mass is 262 g/mol. The summed E-state index contributed by atoms with van der Waals surface area (Å²) in [6, 6.07) is 7.88. The third kappa shape index (κ3) is 3.29. The molecule has 1 rings (SSSR count). The summed E-state index contributed by atoms with van der Waals surface area (Å²) in [6.07, 6.45) is 0.469. The summed E-state index contributed by atoms with van der Waals surface area (Å²) >= 11 is 8.84. The van der Waals surface area contributed by atoms with Crippen molar-refractivity contribution in [3.05, 3.63) is 35.4 Å². The Labute approximate surface area is 91.9 Å². The Hall–Kier alpha value is -0.0500. The van der Waals surface area contributed by atoms with Gasteiger partial charge in [0.2, 0.25) is 0 Å². The van der Waals surface area contributed by atoms with Gasteiger partial charge in [-0.05, 0) is 17.5 Å². The summed E-state index contributed by atoms with van der Waals surface area (Å²) in [4.78, 5) is 0. The Balaban J connectivity index is 2.69. The van der Waals surface area contributed by atoms with E-state index in [4.69, 9.17) is 11.6 Å². The first-order valence-electron chi connectivity index (χ1n) is 4.16. The summed E-state index contributed by atoms with van der Waals surface area (Å²) in [7, 11) is 0. The van der Waals surface area contributed by atoms with Crippen molar-refractivity contribution in [2.45, 2.75) is 12.5 Å². The second-order valence-corrected chi connectivity index (χ2v) is 3.88. The molecule has 1 aromatic carbocycles. The van der Waals surface area contributed by atoms with Gasteiger partial charge in [0.05, 0.1) is 6.10 Å². The average Bonchev–Trinajstić information content (AvgIpc) is 2.18. The highest BCUT2D eigenvalue weighted by Crippen LogP contribution is 2.15. The Kier molecular flexibility index (Phi) is 4.78. The van der Waals surface area contributed by atoms with Crippen molar-refractivity contribution < 1.29 is 5.11 Å². The van der Waals surface area contributed by atoms with Crippen molar-refractivity contribution in [3.63, 3.8) is 0 Å². The normalized spacial score (nSPS) is 12.8. The third-order valence-corrected chi connectivity index (χ3v) is 2.70. The number of aryl methyl sites for hydroxylation is 1. The molecule has 0 aromatic heterocycles. The van der Waals surface area contributed by atoms with E-state index >= 15 is 0 Å². The van der Waals surface area contributed by atoms with E-state index in [0.717, 1.165) is 12.0 Å². The van der Waals surface area contributed by atoms with Crippen LogP contribution >= 0.6 is 27.5 Å². The van der Waals surface area contributed by atoms with Crippen LogP contribution in [0.2, 0.25) is 0 Å². The Morgan fingerprint density at radius 2 is 1.92 bits per heavy atom. The lowest BCUT2D eigenvalue weighted by molar-refractivity contribution is 0.205. The first kappa shape index (κ1) is 11.0. The zero-order valence-electron chi connectivity index (χ0n) is 7.21. The molecule has 1 unspecified atom stereocenters. The van der Waals surface area contributed by atoms with Gasteiger partial charge in [0, 0.05) is 11.2 Å². The molecule has 1 aromatic rings. The maximum absolute atomic E-state index is 9.48. The van der Waals surface area contributed by atoms with Gasteiger partial charge in [-0.15, -0.1) is 11.6 Å². The van der Waals surface area contributed by atoms with Gasteiger partial charge < -0.3 is 5.11 Å². The Morgan fingerprint density at radius 3 is 2.38 bits per heavy atom. The fraction of sp³-hybridized carbons (Fsp3) is 0.400. The molecule has 0 aliphatic heterocycles. The number of hydrogen-bond donors (Lipinski definition) is 1. The number of alkyl halides is 2. The van der Waals surface area contributed by atoms with Crippen LogP contribution < -0.4 is 0 Å². The average molecular weight is 264 g/mol. The third-order valence-electron chi connectivity index (χ3n) is 1.89. The number of hydrogen-bond acceptors (Lipinski definition) is 1. The van der Waals surface area contributed by atoms with Gasteiger partial charge in [-0.2, -0.15) is 0 Å². The molecule has 1 N–H and O–H groups in total. The lowest BCUT2D eigenvalue weighted by atomic mass is 10.1. The summed E-state index contributed by atoms with van der Waals surface area (Å²) in [6.45, 7) is 0. The molecular formula is C10H12BrClO. The first-order chi connectivity index (χ1) is 6.27. The molecule has 0 radical (unpaired) electrons. The molecule has 72 valence electrons. The topological polar surface area (TPSA) is 20.2 Å². The summed E-state index contributed by atoms with van der Waals surface area (Å²) in [5, 5.41) is 10.0. The number of rotatable bonds is 4. The maximum atomic E-state index is 9.48. The van der Waals surface area contributed by atoms with E-state index in [0.29, 0.717) is 11.2 Å². The molecule has 13 heavy (non-hydrogen) atoms. The van der Waals surface area contributed by atoms with Crippen LogP contribution in [0.4, 0.5) is 0 Å². The summed E-state index contributed by atoms with van der Waals surface area (Å²) in [5.41, 5.74) is 2.15. The van der Waals surface area contributed by atoms with Gasteiger partial charge in [-0.3, -0.25) is 0 Å². The van der Waals surface area contributed by atoms with Crippen LogP contribution in [0, 0.1) is 0 Å². The molecular weight excluding hydrogens is 251 g/mol. The van der Waals surface area contributed by atoms with Crippen LogP contribution in [0.3, 0.4) is 0 Å².